The average molecular weight is 262 g/mol. The normalized spacial score (nSPS) is 11.4. The first-order chi connectivity index (χ1) is 9.13. The number of carbonyl (C=O) groups is 1. The Morgan fingerprint density at radius 1 is 1.42 bits per heavy atom. The van der Waals surface area contributed by atoms with E-state index in [0.29, 0.717) is 18.7 Å². The van der Waals surface area contributed by atoms with Crippen molar-refractivity contribution in [1.29, 1.82) is 5.26 Å². The summed E-state index contributed by atoms with van der Waals surface area (Å²) in [6, 6.07) is 8.27. The molecular weight excluding hydrogens is 244 g/mol. The van der Waals surface area contributed by atoms with Crippen molar-refractivity contribution in [1.82, 2.24) is 5.32 Å². The summed E-state index contributed by atoms with van der Waals surface area (Å²) in [6.45, 7) is 2.21. The van der Waals surface area contributed by atoms with E-state index < -0.39 is 6.10 Å². The van der Waals surface area contributed by atoms with Crippen molar-refractivity contribution < 1.29 is 14.6 Å². The van der Waals surface area contributed by atoms with Crippen molar-refractivity contribution in [2.24, 2.45) is 0 Å². The highest BCUT2D eigenvalue weighted by molar-refractivity contribution is 5.80. The fraction of sp³-hybridized carbons (Fsp3) is 0.429. The first kappa shape index (κ1) is 14.8. The second-order valence-corrected chi connectivity index (χ2v) is 4.16. The standard InChI is InChI=1S/C14H18N2O3/c1-11(14(18)16-10-4-2-3-9-15)19-13-7-5-12(17)6-8-13/h5-8,11,17H,2-4,10H2,1H3,(H,16,18). The second kappa shape index (κ2) is 7.98. The van der Waals surface area contributed by atoms with E-state index >= 15 is 0 Å². The number of hydrogen-bond acceptors (Lipinski definition) is 4. The summed E-state index contributed by atoms with van der Waals surface area (Å²) in [7, 11) is 0. The van der Waals surface area contributed by atoms with Gasteiger partial charge in [-0.25, -0.2) is 0 Å². The summed E-state index contributed by atoms with van der Waals surface area (Å²) in [5.41, 5.74) is 0. The molecule has 0 aromatic heterocycles. The summed E-state index contributed by atoms with van der Waals surface area (Å²) in [4.78, 5) is 11.7. The van der Waals surface area contributed by atoms with Gasteiger partial charge in [-0.1, -0.05) is 0 Å². The third-order valence-corrected chi connectivity index (χ3v) is 2.53. The van der Waals surface area contributed by atoms with Crippen LogP contribution in [0.5, 0.6) is 11.5 Å². The molecule has 0 aliphatic heterocycles. The Morgan fingerprint density at radius 2 is 2.11 bits per heavy atom. The zero-order chi connectivity index (χ0) is 14.1. The molecule has 102 valence electrons. The van der Waals surface area contributed by atoms with E-state index in [4.69, 9.17) is 15.1 Å². The summed E-state index contributed by atoms with van der Waals surface area (Å²) in [6.07, 6.45) is 1.48. The Hall–Kier alpha value is -2.22. The maximum absolute atomic E-state index is 11.7. The second-order valence-electron chi connectivity index (χ2n) is 4.16. The Balaban J connectivity index is 2.28. The van der Waals surface area contributed by atoms with Crippen LogP contribution in [0, 0.1) is 11.3 Å². The van der Waals surface area contributed by atoms with E-state index in [1.54, 1.807) is 19.1 Å². The Kier molecular flexibility index (Phi) is 6.23. The molecular formula is C14H18N2O3. The summed E-state index contributed by atoms with van der Waals surface area (Å²) in [5.74, 6) is 0.497. The minimum Gasteiger partial charge on any atom is -0.508 e. The van der Waals surface area contributed by atoms with E-state index in [9.17, 15) is 4.79 Å². The number of benzene rings is 1. The molecule has 1 aromatic carbocycles. The van der Waals surface area contributed by atoms with Gasteiger partial charge in [-0.3, -0.25) is 4.79 Å². The number of amides is 1. The number of unbranched alkanes of at least 4 members (excludes halogenated alkanes) is 2. The highest BCUT2D eigenvalue weighted by atomic mass is 16.5. The van der Waals surface area contributed by atoms with Crippen LogP contribution < -0.4 is 10.1 Å². The zero-order valence-electron chi connectivity index (χ0n) is 10.9. The van der Waals surface area contributed by atoms with Gasteiger partial charge in [-0.2, -0.15) is 5.26 Å². The molecule has 0 heterocycles. The number of hydrogen-bond donors (Lipinski definition) is 2. The molecule has 0 aliphatic carbocycles. The number of aromatic hydroxyl groups is 1. The van der Waals surface area contributed by atoms with Crippen LogP contribution in [0.25, 0.3) is 0 Å². The number of phenolic OH excluding ortho intramolecular Hbond substituents is 1. The van der Waals surface area contributed by atoms with Gasteiger partial charge in [0.15, 0.2) is 6.10 Å². The first-order valence-electron chi connectivity index (χ1n) is 6.24. The van der Waals surface area contributed by atoms with Gasteiger partial charge < -0.3 is 15.2 Å². The lowest BCUT2D eigenvalue weighted by Crippen LogP contribution is -2.36. The Bertz CT molecular complexity index is 437. The molecule has 1 aromatic rings. The smallest absolute Gasteiger partial charge is 0.260 e. The van der Waals surface area contributed by atoms with Crippen LogP contribution in [0.2, 0.25) is 0 Å². The number of nitrogens with zero attached hydrogens (tertiary/aromatic N) is 1. The molecule has 0 radical (unpaired) electrons. The molecule has 19 heavy (non-hydrogen) atoms. The van der Waals surface area contributed by atoms with Crippen molar-refractivity contribution in [2.45, 2.75) is 32.3 Å². The van der Waals surface area contributed by atoms with Crippen molar-refractivity contribution >= 4 is 5.91 Å². The summed E-state index contributed by atoms with van der Waals surface area (Å²) < 4.78 is 5.43. The lowest BCUT2D eigenvalue weighted by Gasteiger charge is -2.14. The van der Waals surface area contributed by atoms with Crippen molar-refractivity contribution in [3.05, 3.63) is 24.3 Å². The van der Waals surface area contributed by atoms with E-state index in [1.807, 2.05) is 0 Å². The van der Waals surface area contributed by atoms with Gasteiger partial charge in [0.2, 0.25) is 0 Å². The van der Waals surface area contributed by atoms with Crippen molar-refractivity contribution in [3.8, 4) is 17.6 Å². The molecule has 0 aliphatic rings. The van der Waals surface area contributed by atoms with E-state index in [0.717, 1.165) is 12.8 Å². The van der Waals surface area contributed by atoms with Crippen LogP contribution in [0.4, 0.5) is 0 Å². The maximum atomic E-state index is 11.7. The van der Waals surface area contributed by atoms with E-state index in [1.165, 1.54) is 12.1 Å². The molecule has 0 saturated heterocycles. The Labute approximate surface area is 112 Å². The molecule has 0 spiro atoms. The van der Waals surface area contributed by atoms with Crippen LogP contribution in [0.1, 0.15) is 26.2 Å². The number of nitriles is 1. The van der Waals surface area contributed by atoms with Gasteiger partial charge in [0, 0.05) is 13.0 Å². The van der Waals surface area contributed by atoms with Crippen molar-refractivity contribution in [3.63, 3.8) is 0 Å². The molecule has 0 bridgehead atoms. The molecule has 5 heteroatoms. The highest BCUT2D eigenvalue weighted by Crippen LogP contribution is 2.17. The average Bonchev–Trinajstić information content (AvgIpc) is 2.41. The third kappa shape index (κ3) is 5.77. The molecule has 1 atom stereocenters. The van der Waals surface area contributed by atoms with Gasteiger partial charge >= 0.3 is 0 Å². The Morgan fingerprint density at radius 3 is 2.74 bits per heavy atom. The minimum absolute atomic E-state index is 0.155. The van der Waals surface area contributed by atoms with Crippen LogP contribution in [-0.4, -0.2) is 23.7 Å². The maximum Gasteiger partial charge on any atom is 0.260 e. The van der Waals surface area contributed by atoms with Gasteiger partial charge in [0.1, 0.15) is 11.5 Å². The van der Waals surface area contributed by atoms with Crippen LogP contribution in [0.15, 0.2) is 24.3 Å². The van der Waals surface area contributed by atoms with Gasteiger partial charge in [-0.15, -0.1) is 0 Å². The van der Waals surface area contributed by atoms with Crippen molar-refractivity contribution in [2.75, 3.05) is 6.54 Å². The number of carbonyl (C=O) groups excluding carboxylic acids is 1. The lowest BCUT2D eigenvalue weighted by molar-refractivity contribution is -0.127. The van der Waals surface area contributed by atoms with E-state index in [2.05, 4.69) is 11.4 Å². The fourth-order valence-electron chi connectivity index (χ4n) is 1.47. The zero-order valence-corrected chi connectivity index (χ0v) is 10.9. The number of rotatable bonds is 7. The molecule has 0 saturated carbocycles. The van der Waals surface area contributed by atoms with Gasteiger partial charge in [0.05, 0.1) is 6.07 Å². The monoisotopic (exact) mass is 262 g/mol. The predicted octanol–water partition coefficient (Wildman–Crippen LogP) is 1.97. The SMILES string of the molecule is CC(Oc1ccc(O)cc1)C(=O)NCCCCC#N. The number of nitrogens with one attached hydrogen (secondary N) is 1. The van der Waals surface area contributed by atoms with Gasteiger partial charge in [-0.05, 0) is 44.0 Å². The van der Waals surface area contributed by atoms with Crippen LogP contribution >= 0.6 is 0 Å². The number of ether oxygens (including phenoxy) is 1. The molecule has 1 unspecified atom stereocenters. The molecule has 2 N–H and O–H groups in total. The van der Waals surface area contributed by atoms with Crippen LogP contribution in [0.3, 0.4) is 0 Å². The summed E-state index contributed by atoms with van der Waals surface area (Å²) in [5, 5.41) is 20.3. The molecule has 1 rings (SSSR count). The number of phenols is 1. The molecule has 5 nitrogen and oxygen atoms in total. The molecule has 0 fully saturated rings. The van der Waals surface area contributed by atoms with Crippen LogP contribution in [-0.2, 0) is 4.79 Å². The fourth-order valence-corrected chi connectivity index (χ4v) is 1.47. The highest BCUT2D eigenvalue weighted by Gasteiger charge is 2.13. The predicted molar refractivity (Wildman–Crippen MR) is 70.7 cm³/mol. The van der Waals surface area contributed by atoms with E-state index in [-0.39, 0.29) is 11.7 Å². The minimum atomic E-state index is -0.597. The first-order valence-corrected chi connectivity index (χ1v) is 6.24. The quantitative estimate of drug-likeness (QED) is 0.736. The van der Waals surface area contributed by atoms with Gasteiger partial charge in [0.25, 0.3) is 5.91 Å². The third-order valence-electron chi connectivity index (χ3n) is 2.53. The summed E-state index contributed by atoms with van der Waals surface area (Å²) >= 11 is 0. The molecule has 1 amide bonds. The topological polar surface area (TPSA) is 82.3 Å². The lowest BCUT2D eigenvalue weighted by atomic mass is 10.2. The largest absolute Gasteiger partial charge is 0.508 e.